The lowest BCUT2D eigenvalue weighted by Gasteiger charge is -2.24. The molecule has 6 heteroatoms. The van der Waals surface area contributed by atoms with Crippen molar-refractivity contribution in [2.45, 2.75) is 23.7 Å². The predicted octanol–water partition coefficient (Wildman–Crippen LogP) is 4.27. The molecule has 3 atom stereocenters. The number of thioether (sulfide) groups is 1. The van der Waals surface area contributed by atoms with Gasteiger partial charge in [-0.2, -0.15) is 0 Å². The Hall–Kier alpha value is -1.00. The molecule has 0 fully saturated rings. The van der Waals surface area contributed by atoms with Gasteiger partial charge in [0.25, 0.3) is 0 Å². The van der Waals surface area contributed by atoms with E-state index in [1.807, 2.05) is 43.3 Å². The lowest BCUT2D eigenvalue weighted by atomic mass is 10.2. The topological polar surface area (TPSA) is 31.4 Å². The van der Waals surface area contributed by atoms with Crippen LogP contribution in [0, 0.1) is 6.92 Å². The van der Waals surface area contributed by atoms with Crippen LogP contribution in [0.25, 0.3) is 0 Å². The molecular weight excluding hydrogens is 332 g/mol. The number of hydrogen-bond donors (Lipinski definition) is 0. The number of aryl methyl sites for hydroxylation is 1. The first-order chi connectivity index (χ1) is 11.0. The molecule has 0 radical (unpaired) electrons. The van der Waals surface area contributed by atoms with Crippen molar-refractivity contribution in [1.82, 2.24) is 4.98 Å². The number of pyridine rings is 1. The second-order valence-corrected chi connectivity index (χ2v) is 7.72. The number of aromatic nitrogens is 1. The zero-order chi connectivity index (χ0) is 16.7. The van der Waals surface area contributed by atoms with E-state index < -0.39 is 10.2 Å². The van der Waals surface area contributed by atoms with Crippen LogP contribution in [0.4, 0.5) is 4.39 Å². The molecule has 2 unspecified atom stereocenters. The third-order valence-electron chi connectivity index (χ3n) is 3.19. The number of alkyl halides is 1. The van der Waals surface area contributed by atoms with Crippen LogP contribution in [0.3, 0.4) is 0 Å². The average molecular weight is 353 g/mol. The Morgan fingerprint density at radius 2 is 2.00 bits per heavy atom. The van der Waals surface area contributed by atoms with E-state index in [0.717, 1.165) is 22.9 Å². The Labute approximate surface area is 143 Å². The normalized spacial score (nSPS) is 15.1. The Bertz CT molecular complexity index is 595. The van der Waals surface area contributed by atoms with Crippen molar-refractivity contribution in [3.63, 3.8) is 0 Å². The van der Waals surface area contributed by atoms with Gasteiger partial charge in [0.2, 0.25) is 4.74 Å². The van der Waals surface area contributed by atoms with Gasteiger partial charge in [0.05, 0.1) is 18.9 Å². The van der Waals surface area contributed by atoms with Crippen molar-refractivity contribution < 1.29 is 13.9 Å². The largest absolute Gasteiger partial charge is 0.373 e. The number of benzene rings is 1. The second-order valence-electron chi connectivity index (χ2n) is 5.15. The lowest BCUT2D eigenvalue weighted by molar-refractivity contribution is 0.0439. The van der Waals surface area contributed by atoms with Crippen molar-refractivity contribution in [2.75, 3.05) is 13.7 Å². The Morgan fingerprint density at radius 1 is 1.26 bits per heavy atom. The van der Waals surface area contributed by atoms with Gasteiger partial charge in [-0.25, -0.2) is 4.39 Å². The fourth-order valence-electron chi connectivity index (χ4n) is 1.92. The molecule has 0 aliphatic carbocycles. The third-order valence-corrected chi connectivity index (χ3v) is 5.04. The number of hydrogen-bond acceptors (Lipinski definition) is 4. The monoisotopic (exact) mass is 353 g/mol. The highest BCUT2D eigenvalue weighted by atomic mass is 32.2. The first kappa shape index (κ1) is 18.3. The summed E-state index contributed by atoms with van der Waals surface area (Å²) in [6.45, 7) is 2.68. The van der Waals surface area contributed by atoms with Crippen molar-refractivity contribution in [1.29, 1.82) is 0 Å². The van der Waals surface area contributed by atoms with Gasteiger partial charge in [0.1, 0.15) is 5.44 Å². The van der Waals surface area contributed by atoms with E-state index >= 15 is 0 Å². The summed E-state index contributed by atoms with van der Waals surface area (Å²) in [5.74, 6) is 0. The molecule has 0 aliphatic rings. The zero-order valence-electron chi connectivity index (χ0n) is 13.2. The molecule has 1 aromatic heterocycles. The maximum absolute atomic E-state index is 14.9. The first-order valence-corrected chi connectivity index (χ1v) is 8.70. The molecule has 0 N–H and O–H groups in total. The van der Waals surface area contributed by atoms with Gasteiger partial charge < -0.3 is 9.47 Å². The van der Waals surface area contributed by atoms with Crippen molar-refractivity contribution in [2.24, 2.45) is 0 Å². The minimum atomic E-state index is -1.72. The molecule has 1 aromatic carbocycles. The summed E-state index contributed by atoms with van der Waals surface area (Å²) in [7, 11) is 3.75. The van der Waals surface area contributed by atoms with Gasteiger partial charge in [0, 0.05) is 13.3 Å². The molecule has 23 heavy (non-hydrogen) atoms. The molecule has 0 amide bonds. The minimum Gasteiger partial charge on any atom is -0.373 e. The van der Waals surface area contributed by atoms with E-state index in [9.17, 15) is 4.39 Å². The third kappa shape index (κ3) is 5.85. The molecule has 0 saturated heterocycles. The van der Waals surface area contributed by atoms with Gasteiger partial charge in [-0.1, -0.05) is 57.4 Å². The molecule has 0 saturated carbocycles. The van der Waals surface area contributed by atoms with Crippen LogP contribution in [0.15, 0.2) is 48.7 Å². The van der Waals surface area contributed by atoms with Crippen LogP contribution in [-0.2, 0) is 20.8 Å². The van der Waals surface area contributed by atoms with Crippen molar-refractivity contribution in [3.05, 3.63) is 65.5 Å². The quantitative estimate of drug-likeness (QED) is 0.524. The van der Waals surface area contributed by atoms with Crippen LogP contribution >= 0.6 is 21.0 Å². The smallest absolute Gasteiger partial charge is 0.212 e. The molecule has 1 heterocycles. The van der Waals surface area contributed by atoms with Crippen LogP contribution in [0.1, 0.15) is 16.8 Å². The van der Waals surface area contributed by atoms with E-state index in [2.05, 4.69) is 14.2 Å². The summed E-state index contributed by atoms with van der Waals surface area (Å²) >= 11 is 1.03. The predicted molar refractivity (Wildman–Crippen MR) is 96.0 cm³/mol. The number of methoxy groups -OCH3 is 1. The Morgan fingerprint density at radius 3 is 2.61 bits per heavy atom. The molecule has 0 spiro atoms. The summed E-state index contributed by atoms with van der Waals surface area (Å²) in [6, 6.07) is 13.4. The van der Waals surface area contributed by atoms with E-state index in [1.54, 1.807) is 19.4 Å². The molecule has 2 aromatic rings. The van der Waals surface area contributed by atoms with Crippen molar-refractivity contribution >= 4 is 21.0 Å². The van der Waals surface area contributed by atoms with Crippen molar-refractivity contribution in [3.8, 4) is 0 Å². The summed E-state index contributed by atoms with van der Waals surface area (Å²) < 4.78 is 24.1. The summed E-state index contributed by atoms with van der Waals surface area (Å²) in [6.07, 6.45) is 1.65. The fourth-order valence-corrected chi connectivity index (χ4v) is 3.43. The molecule has 3 nitrogen and oxygen atoms in total. The summed E-state index contributed by atoms with van der Waals surface area (Å²) in [4.78, 5) is 4.15. The maximum Gasteiger partial charge on any atom is 0.212 e. The van der Waals surface area contributed by atoms with Crippen LogP contribution in [-0.4, -0.2) is 24.1 Å². The van der Waals surface area contributed by atoms with Gasteiger partial charge in [-0.15, -0.1) is 0 Å². The van der Waals surface area contributed by atoms with E-state index in [-0.39, 0.29) is 0 Å². The number of halogens is 1. The number of nitrogens with zero attached hydrogens (tertiary/aromatic N) is 1. The standard InChI is InChI=1S/C17H21FNO2PS/c1-13-8-9-15(19-10-13)17(18,22)23-16(20-2)12-21-11-14-6-4-3-5-7-14/h3-10,16H,11-12,22H2,1-2H3/t16-,17?/m0/s1. The molecule has 124 valence electrons. The highest BCUT2D eigenvalue weighted by Crippen LogP contribution is 2.45. The maximum atomic E-state index is 14.9. The Kier molecular flexibility index (Phi) is 6.97. The number of ether oxygens (including phenoxy) is 2. The SMILES string of the molecule is CO[C@H](COCc1ccccc1)SC(F)(P)c1ccc(C)cn1. The highest BCUT2D eigenvalue weighted by molar-refractivity contribution is 8.03. The lowest BCUT2D eigenvalue weighted by Crippen LogP contribution is -2.21. The second kappa shape index (κ2) is 8.74. The number of rotatable bonds is 8. The van der Waals surface area contributed by atoms with E-state index in [4.69, 9.17) is 9.47 Å². The van der Waals surface area contributed by atoms with Gasteiger partial charge in [0.15, 0.2) is 0 Å². The van der Waals surface area contributed by atoms with Gasteiger partial charge in [-0.05, 0) is 24.1 Å². The molecule has 0 aliphatic heterocycles. The zero-order valence-corrected chi connectivity index (χ0v) is 15.2. The minimum absolute atomic E-state index is 0.294. The summed E-state index contributed by atoms with van der Waals surface area (Å²) in [5, 5.41) is 0. The van der Waals surface area contributed by atoms with Gasteiger partial charge in [-0.3, -0.25) is 4.98 Å². The van der Waals surface area contributed by atoms with E-state index in [1.165, 1.54) is 0 Å². The van der Waals surface area contributed by atoms with Crippen LogP contribution in [0.5, 0.6) is 0 Å². The van der Waals surface area contributed by atoms with E-state index in [0.29, 0.717) is 18.9 Å². The average Bonchev–Trinajstić information content (AvgIpc) is 2.55. The fraction of sp³-hybridized carbons (Fsp3) is 0.353. The van der Waals surface area contributed by atoms with Gasteiger partial charge >= 0.3 is 0 Å². The molecule has 2 rings (SSSR count). The summed E-state index contributed by atoms with van der Waals surface area (Å²) in [5.41, 5.74) is 1.99. The van der Waals surface area contributed by atoms with Crippen LogP contribution in [0.2, 0.25) is 0 Å². The Balaban J connectivity index is 1.89. The molecular formula is C17H21FNO2PS. The van der Waals surface area contributed by atoms with Crippen LogP contribution < -0.4 is 0 Å². The highest BCUT2D eigenvalue weighted by Gasteiger charge is 2.32. The molecule has 0 bridgehead atoms. The first-order valence-electron chi connectivity index (χ1n) is 7.24.